The van der Waals surface area contributed by atoms with Gasteiger partial charge in [-0.3, -0.25) is 0 Å². The summed E-state index contributed by atoms with van der Waals surface area (Å²) >= 11 is 0. The maximum Gasteiger partial charge on any atom is 0.407 e. The van der Waals surface area contributed by atoms with Gasteiger partial charge in [0.2, 0.25) is 5.89 Å². The van der Waals surface area contributed by atoms with Crippen molar-refractivity contribution in [1.29, 1.82) is 0 Å². The zero-order valence-electron chi connectivity index (χ0n) is 12.6. The molecule has 1 aromatic carbocycles. The molecule has 23 heavy (non-hydrogen) atoms. The molecule has 0 bridgehead atoms. The van der Waals surface area contributed by atoms with Crippen molar-refractivity contribution in [2.24, 2.45) is 7.05 Å². The third-order valence-corrected chi connectivity index (χ3v) is 3.23. The third kappa shape index (κ3) is 3.76. The van der Waals surface area contributed by atoms with Crippen LogP contribution in [0.1, 0.15) is 11.5 Å². The number of hydrogen-bond donors (Lipinski definition) is 1. The number of aryl methyl sites for hydroxylation is 1. The van der Waals surface area contributed by atoms with E-state index in [1.165, 1.54) is 0 Å². The van der Waals surface area contributed by atoms with Crippen molar-refractivity contribution >= 4 is 6.09 Å². The van der Waals surface area contributed by atoms with Gasteiger partial charge in [-0.05, 0) is 17.7 Å². The van der Waals surface area contributed by atoms with E-state index in [2.05, 4.69) is 15.5 Å². The standard InChI is InChI=1S/C16H16N4O3/c1-20-9-5-8-13(20)15-19-18-14(23-15)10-17-16(21)22-11-12-6-3-2-4-7-12/h2-9H,10-11H2,1H3,(H,17,21). The highest BCUT2D eigenvalue weighted by molar-refractivity contribution is 5.67. The monoisotopic (exact) mass is 312 g/mol. The molecule has 0 saturated heterocycles. The number of hydrogen-bond acceptors (Lipinski definition) is 5. The first-order chi connectivity index (χ1) is 11.2. The molecule has 7 heteroatoms. The first-order valence-corrected chi connectivity index (χ1v) is 7.11. The lowest BCUT2D eigenvalue weighted by Crippen LogP contribution is -2.23. The summed E-state index contributed by atoms with van der Waals surface area (Å²) < 4.78 is 12.5. The van der Waals surface area contributed by atoms with Crippen LogP contribution in [0, 0.1) is 0 Å². The molecule has 0 atom stereocenters. The van der Waals surface area contributed by atoms with Crippen LogP contribution in [0.3, 0.4) is 0 Å². The molecule has 1 amide bonds. The van der Waals surface area contributed by atoms with E-state index in [4.69, 9.17) is 9.15 Å². The van der Waals surface area contributed by atoms with Gasteiger partial charge >= 0.3 is 6.09 Å². The van der Waals surface area contributed by atoms with E-state index in [1.54, 1.807) is 0 Å². The van der Waals surface area contributed by atoms with Crippen LogP contribution in [0.2, 0.25) is 0 Å². The number of carbonyl (C=O) groups is 1. The van der Waals surface area contributed by atoms with Gasteiger partial charge in [0, 0.05) is 13.2 Å². The van der Waals surface area contributed by atoms with Crippen LogP contribution >= 0.6 is 0 Å². The largest absolute Gasteiger partial charge is 0.445 e. The van der Waals surface area contributed by atoms with Gasteiger partial charge in [0.05, 0.1) is 6.54 Å². The summed E-state index contributed by atoms with van der Waals surface area (Å²) in [7, 11) is 1.89. The van der Waals surface area contributed by atoms with Crippen molar-refractivity contribution in [3.63, 3.8) is 0 Å². The van der Waals surface area contributed by atoms with E-state index in [9.17, 15) is 4.79 Å². The molecule has 0 spiro atoms. The van der Waals surface area contributed by atoms with E-state index in [0.29, 0.717) is 11.8 Å². The summed E-state index contributed by atoms with van der Waals surface area (Å²) in [6.07, 6.45) is 1.35. The van der Waals surface area contributed by atoms with E-state index in [1.807, 2.05) is 60.3 Å². The predicted octanol–water partition coefficient (Wildman–Crippen LogP) is 2.50. The predicted molar refractivity (Wildman–Crippen MR) is 82.2 cm³/mol. The normalized spacial score (nSPS) is 10.5. The molecule has 0 aliphatic rings. The second kappa shape index (κ2) is 6.78. The summed E-state index contributed by atoms with van der Waals surface area (Å²) in [4.78, 5) is 11.7. The molecule has 0 saturated carbocycles. The van der Waals surface area contributed by atoms with E-state index < -0.39 is 6.09 Å². The van der Waals surface area contributed by atoms with Crippen LogP contribution in [0.4, 0.5) is 4.79 Å². The average Bonchev–Trinajstić information content (AvgIpc) is 3.20. The summed E-state index contributed by atoms with van der Waals surface area (Å²) in [6.45, 7) is 0.330. The Hall–Kier alpha value is -3.09. The van der Waals surface area contributed by atoms with Crippen molar-refractivity contribution in [3.8, 4) is 11.6 Å². The maximum absolute atomic E-state index is 11.7. The van der Waals surface area contributed by atoms with Gasteiger partial charge in [0.25, 0.3) is 5.89 Å². The highest BCUT2D eigenvalue weighted by atomic mass is 16.5. The summed E-state index contributed by atoms with van der Waals surface area (Å²) in [6, 6.07) is 13.2. The highest BCUT2D eigenvalue weighted by Gasteiger charge is 2.12. The van der Waals surface area contributed by atoms with Crippen LogP contribution in [0.5, 0.6) is 0 Å². The first kappa shape index (κ1) is 14.8. The number of nitrogens with one attached hydrogen (secondary N) is 1. The lowest BCUT2D eigenvalue weighted by Gasteiger charge is -2.05. The second-order valence-electron chi connectivity index (χ2n) is 4.92. The lowest BCUT2D eigenvalue weighted by molar-refractivity contribution is 0.138. The zero-order chi connectivity index (χ0) is 16.1. The minimum Gasteiger partial charge on any atom is -0.445 e. The fourth-order valence-corrected chi connectivity index (χ4v) is 2.03. The number of benzene rings is 1. The van der Waals surface area contributed by atoms with E-state index in [-0.39, 0.29) is 13.2 Å². The fraction of sp³-hybridized carbons (Fsp3) is 0.188. The van der Waals surface area contributed by atoms with Crippen molar-refractivity contribution in [3.05, 3.63) is 60.1 Å². The Morgan fingerprint density at radius 3 is 2.78 bits per heavy atom. The molecule has 2 aromatic heterocycles. The Kier molecular flexibility index (Phi) is 4.37. The summed E-state index contributed by atoms with van der Waals surface area (Å²) in [5, 5.41) is 10.4. The molecule has 1 N–H and O–H groups in total. The summed E-state index contributed by atoms with van der Waals surface area (Å²) in [5.74, 6) is 0.727. The van der Waals surface area contributed by atoms with Crippen molar-refractivity contribution in [1.82, 2.24) is 20.1 Å². The van der Waals surface area contributed by atoms with Gasteiger partial charge in [-0.2, -0.15) is 0 Å². The maximum atomic E-state index is 11.7. The molecule has 0 radical (unpaired) electrons. The Morgan fingerprint density at radius 2 is 2.04 bits per heavy atom. The Balaban J connectivity index is 1.50. The van der Waals surface area contributed by atoms with Crippen molar-refractivity contribution in [2.75, 3.05) is 0 Å². The van der Waals surface area contributed by atoms with Crippen LogP contribution in [0.25, 0.3) is 11.6 Å². The van der Waals surface area contributed by atoms with Crippen LogP contribution in [-0.4, -0.2) is 20.9 Å². The lowest BCUT2D eigenvalue weighted by atomic mass is 10.2. The number of aromatic nitrogens is 3. The van der Waals surface area contributed by atoms with Gasteiger partial charge in [-0.1, -0.05) is 30.3 Å². The quantitative estimate of drug-likeness (QED) is 0.782. The Labute approximate surface area is 132 Å². The molecular weight excluding hydrogens is 296 g/mol. The number of nitrogens with zero attached hydrogens (tertiary/aromatic N) is 3. The molecule has 0 aliphatic carbocycles. The smallest absolute Gasteiger partial charge is 0.407 e. The number of rotatable bonds is 5. The summed E-state index contributed by atoms with van der Waals surface area (Å²) in [5.41, 5.74) is 1.74. The fourth-order valence-electron chi connectivity index (χ4n) is 2.03. The van der Waals surface area contributed by atoms with Gasteiger partial charge in [0.1, 0.15) is 12.3 Å². The molecule has 3 aromatic rings. The molecule has 2 heterocycles. The highest BCUT2D eigenvalue weighted by Crippen LogP contribution is 2.17. The van der Waals surface area contributed by atoms with Crippen LogP contribution < -0.4 is 5.32 Å². The van der Waals surface area contributed by atoms with E-state index in [0.717, 1.165) is 11.3 Å². The third-order valence-electron chi connectivity index (χ3n) is 3.23. The van der Waals surface area contributed by atoms with Gasteiger partial charge in [-0.25, -0.2) is 4.79 Å². The SMILES string of the molecule is Cn1cccc1-c1nnc(CNC(=O)OCc2ccccc2)o1. The van der Waals surface area contributed by atoms with Crippen LogP contribution in [-0.2, 0) is 24.9 Å². The topological polar surface area (TPSA) is 82.2 Å². The van der Waals surface area contributed by atoms with Gasteiger partial charge in [-0.15, -0.1) is 10.2 Å². The van der Waals surface area contributed by atoms with Crippen LogP contribution in [0.15, 0.2) is 53.1 Å². The number of alkyl carbamates (subject to hydrolysis) is 1. The molecule has 0 unspecified atom stereocenters. The number of amides is 1. The zero-order valence-corrected chi connectivity index (χ0v) is 12.6. The minimum absolute atomic E-state index is 0.116. The van der Waals surface area contributed by atoms with E-state index >= 15 is 0 Å². The van der Waals surface area contributed by atoms with Gasteiger partial charge < -0.3 is 19.0 Å². The first-order valence-electron chi connectivity index (χ1n) is 7.11. The average molecular weight is 312 g/mol. The molecule has 3 rings (SSSR count). The number of ether oxygens (including phenoxy) is 1. The van der Waals surface area contributed by atoms with Crippen molar-refractivity contribution in [2.45, 2.75) is 13.2 Å². The van der Waals surface area contributed by atoms with Crippen molar-refractivity contribution < 1.29 is 13.9 Å². The number of carbonyl (C=O) groups excluding carboxylic acids is 1. The molecule has 118 valence electrons. The molecular formula is C16H16N4O3. The second-order valence-corrected chi connectivity index (χ2v) is 4.92. The minimum atomic E-state index is -0.535. The molecule has 0 fully saturated rings. The molecule has 0 aliphatic heterocycles. The van der Waals surface area contributed by atoms with Gasteiger partial charge in [0.15, 0.2) is 0 Å². The Bertz CT molecular complexity index is 779. The molecule has 7 nitrogen and oxygen atoms in total. The Morgan fingerprint density at radius 1 is 1.22 bits per heavy atom.